The van der Waals surface area contributed by atoms with Crippen LogP contribution in [0.4, 0.5) is 17.6 Å². The molecule has 0 atom stereocenters. The molecule has 0 saturated carbocycles. The van der Waals surface area contributed by atoms with E-state index in [2.05, 4.69) is 29.1 Å². The van der Waals surface area contributed by atoms with E-state index in [1.807, 2.05) is 34.9 Å². The van der Waals surface area contributed by atoms with Gasteiger partial charge in [0.1, 0.15) is 11.4 Å². The van der Waals surface area contributed by atoms with Gasteiger partial charge in [0.2, 0.25) is 18.3 Å². The van der Waals surface area contributed by atoms with Gasteiger partial charge in [0.05, 0.1) is 20.3 Å². The van der Waals surface area contributed by atoms with Gasteiger partial charge in [-0.05, 0) is 5.56 Å². The van der Waals surface area contributed by atoms with E-state index in [1.165, 1.54) is 5.56 Å². The predicted molar refractivity (Wildman–Crippen MR) is 98.3 cm³/mol. The number of hydrogen-bond donors (Lipinski definition) is 1. The van der Waals surface area contributed by atoms with Crippen LogP contribution in [0.15, 0.2) is 30.3 Å². The van der Waals surface area contributed by atoms with E-state index in [4.69, 9.17) is 14.7 Å². The van der Waals surface area contributed by atoms with Crippen molar-refractivity contribution in [1.29, 1.82) is 0 Å². The first-order chi connectivity index (χ1) is 12.2. The van der Waals surface area contributed by atoms with Crippen molar-refractivity contribution < 1.29 is 9.42 Å². The van der Waals surface area contributed by atoms with Crippen LogP contribution in [0.3, 0.4) is 0 Å². The van der Waals surface area contributed by atoms with Crippen LogP contribution >= 0.6 is 0 Å². The molecule has 1 fully saturated rings. The zero-order valence-corrected chi connectivity index (χ0v) is 14.5. The second-order valence-electron chi connectivity index (χ2n) is 6.30. The molecular weight excluding hydrogens is 316 g/mol. The summed E-state index contributed by atoms with van der Waals surface area (Å²) in [6, 6.07) is 10.3. The number of aromatic nitrogens is 2. The van der Waals surface area contributed by atoms with E-state index in [0.717, 1.165) is 50.0 Å². The van der Waals surface area contributed by atoms with Crippen LogP contribution in [-0.4, -0.2) is 54.7 Å². The molecule has 0 unspecified atom stereocenters. The fraction of sp³-hybridized carbons (Fsp3) is 0.389. The van der Waals surface area contributed by atoms with Crippen molar-refractivity contribution in [3.8, 4) is 0 Å². The number of fused-ring (bicyclic) bond motifs is 1. The summed E-state index contributed by atoms with van der Waals surface area (Å²) in [6.45, 7) is 8.65. The van der Waals surface area contributed by atoms with E-state index in [9.17, 15) is 0 Å². The summed E-state index contributed by atoms with van der Waals surface area (Å²) in [5, 5.41) is 5.34. The Labute approximate surface area is 147 Å². The zero-order chi connectivity index (χ0) is 17.2. The number of nitrogens with one attached hydrogen (secondary N) is 1. The van der Waals surface area contributed by atoms with Crippen molar-refractivity contribution in [2.24, 2.45) is 0 Å². The van der Waals surface area contributed by atoms with E-state index in [1.54, 1.807) is 0 Å². The number of anilines is 3. The van der Waals surface area contributed by atoms with E-state index < -0.39 is 0 Å². The molecule has 0 spiro atoms. The van der Waals surface area contributed by atoms with E-state index in [-0.39, 0.29) is 0 Å². The summed E-state index contributed by atoms with van der Waals surface area (Å²) < 4.78 is 7.39. The van der Waals surface area contributed by atoms with Crippen LogP contribution < -0.4 is 15.2 Å². The Morgan fingerprint density at radius 3 is 2.64 bits per heavy atom. The molecule has 2 aromatic rings. The second-order valence-corrected chi connectivity index (χ2v) is 6.30. The standard InChI is InChI=1S/C18H23N6O/c1-22-13-15-16(23(22)2)20-18(19-12-14-6-4-3-5-7-14)21-17(15)24-8-10-25-11-9-24/h3-7H,1,8-13H2,2H3,(H,19,20,21)/q+1. The predicted octanol–water partition coefficient (Wildman–Crippen LogP) is 1.50. The van der Waals surface area contributed by atoms with Gasteiger partial charge >= 0.3 is 0 Å². The monoisotopic (exact) mass is 339 g/mol. The number of hydrazine groups is 1. The number of hydrogen-bond acceptors (Lipinski definition) is 6. The molecule has 2 aliphatic heterocycles. The molecule has 4 rings (SSSR count). The van der Waals surface area contributed by atoms with Gasteiger partial charge in [-0.3, -0.25) is 0 Å². The highest BCUT2D eigenvalue weighted by Gasteiger charge is 2.34. The summed E-state index contributed by atoms with van der Waals surface area (Å²) in [5.74, 6) is 2.55. The lowest BCUT2D eigenvalue weighted by molar-refractivity contribution is -0.535. The third-order valence-corrected chi connectivity index (χ3v) is 4.64. The maximum absolute atomic E-state index is 5.48. The highest BCUT2D eigenvalue weighted by Crippen LogP contribution is 2.33. The Morgan fingerprint density at radius 1 is 1.16 bits per heavy atom. The van der Waals surface area contributed by atoms with E-state index in [0.29, 0.717) is 12.5 Å². The fourth-order valence-corrected chi connectivity index (χ4v) is 3.18. The van der Waals surface area contributed by atoms with Crippen molar-refractivity contribution in [3.63, 3.8) is 0 Å². The normalized spacial score (nSPS) is 16.9. The first-order valence-corrected chi connectivity index (χ1v) is 8.55. The molecule has 3 heterocycles. The number of nitrogens with zero attached hydrogens (tertiary/aromatic N) is 5. The molecule has 2 aliphatic rings. The Bertz CT molecular complexity index is 773. The first-order valence-electron chi connectivity index (χ1n) is 8.55. The summed E-state index contributed by atoms with van der Waals surface area (Å²) in [5.41, 5.74) is 2.33. The SMILES string of the molecule is C=[N+]1Cc2c(N3CCOCC3)nc(NCc3ccccc3)nc2N1C. The number of ether oxygens (including phenoxy) is 1. The Kier molecular flexibility index (Phi) is 4.23. The molecule has 0 amide bonds. The van der Waals surface area contributed by atoms with Crippen molar-refractivity contribution in [1.82, 2.24) is 9.97 Å². The first kappa shape index (κ1) is 15.8. The number of morpholine rings is 1. The van der Waals surface area contributed by atoms with Crippen molar-refractivity contribution in [3.05, 3.63) is 41.5 Å². The summed E-state index contributed by atoms with van der Waals surface area (Å²) in [7, 11) is 1.98. The molecule has 0 radical (unpaired) electrons. The van der Waals surface area contributed by atoms with Crippen molar-refractivity contribution in [2.75, 3.05) is 48.6 Å². The van der Waals surface area contributed by atoms with E-state index >= 15 is 0 Å². The van der Waals surface area contributed by atoms with Gasteiger partial charge in [-0.2, -0.15) is 9.97 Å². The Hall–Kier alpha value is -2.67. The van der Waals surface area contributed by atoms with Crippen molar-refractivity contribution >= 4 is 24.3 Å². The molecule has 7 heteroatoms. The van der Waals surface area contributed by atoms with Crippen LogP contribution in [0.1, 0.15) is 11.1 Å². The average Bonchev–Trinajstić information content (AvgIpc) is 2.95. The quantitative estimate of drug-likeness (QED) is 0.852. The molecule has 1 aromatic carbocycles. The smallest absolute Gasteiger partial charge is 0.227 e. The van der Waals surface area contributed by atoms with Crippen molar-refractivity contribution in [2.45, 2.75) is 13.1 Å². The molecule has 1 aromatic heterocycles. The number of rotatable bonds is 4. The molecule has 25 heavy (non-hydrogen) atoms. The minimum absolute atomic E-state index is 0.645. The van der Waals surface area contributed by atoms with Crippen LogP contribution in [-0.2, 0) is 17.8 Å². The largest absolute Gasteiger partial charge is 0.378 e. The number of benzene rings is 1. The molecule has 7 nitrogen and oxygen atoms in total. The highest BCUT2D eigenvalue weighted by atomic mass is 16.5. The minimum atomic E-state index is 0.645. The summed E-state index contributed by atoms with van der Waals surface area (Å²) >= 11 is 0. The Morgan fingerprint density at radius 2 is 1.88 bits per heavy atom. The second kappa shape index (κ2) is 6.68. The fourth-order valence-electron chi connectivity index (χ4n) is 3.18. The van der Waals surface area contributed by atoms with Crippen LogP contribution in [0.25, 0.3) is 0 Å². The Balaban J connectivity index is 1.64. The highest BCUT2D eigenvalue weighted by molar-refractivity contribution is 5.64. The van der Waals surface area contributed by atoms with Gasteiger partial charge in [-0.1, -0.05) is 30.3 Å². The minimum Gasteiger partial charge on any atom is -0.378 e. The van der Waals surface area contributed by atoms with Crippen LogP contribution in [0.2, 0.25) is 0 Å². The average molecular weight is 339 g/mol. The van der Waals surface area contributed by atoms with Gasteiger partial charge in [0.25, 0.3) is 0 Å². The van der Waals surface area contributed by atoms with Gasteiger partial charge < -0.3 is 15.0 Å². The third-order valence-electron chi connectivity index (χ3n) is 4.64. The molecule has 1 saturated heterocycles. The van der Waals surface area contributed by atoms with Gasteiger partial charge in [-0.25, -0.2) is 0 Å². The zero-order valence-electron chi connectivity index (χ0n) is 14.5. The maximum atomic E-state index is 5.48. The summed E-state index contributed by atoms with van der Waals surface area (Å²) in [6.07, 6.45) is 0. The van der Waals surface area contributed by atoms with Gasteiger partial charge in [0.15, 0.2) is 6.72 Å². The lowest BCUT2D eigenvalue weighted by Crippen LogP contribution is -2.37. The van der Waals surface area contributed by atoms with Crippen LogP contribution in [0, 0.1) is 0 Å². The maximum Gasteiger partial charge on any atom is 0.227 e. The number of hydrazone groups is 1. The lowest BCUT2D eigenvalue weighted by Gasteiger charge is -2.28. The molecule has 1 N–H and O–H groups in total. The molecular formula is C18H23N6O+. The third kappa shape index (κ3) is 3.15. The molecule has 0 bridgehead atoms. The van der Waals surface area contributed by atoms with Gasteiger partial charge in [-0.15, -0.1) is 9.69 Å². The topological polar surface area (TPSA) is 56.5 Å². The molecule has 130 valence electrons. The molecule has 0 aliphatic carbocycles. The summed E-state index contributed by atoms with van der Waals surface area (Å²) in [4.78, 5) is 11.8. The lowest BCUT2D eigenvalue weighted by atomic mass is 10.2. The van der Waals surface area contributed by atoms with Crippen LogP contribution in [0.5, 0.6) is 0 Å². The van der Waals surface area contributed by atoms with Gasteiger partial charge in [0, 0.05) is 19.6 Å².